The number of ether oxygens (including phenoxy) is 3. The molecule has 0 aromatic heterocycles. The molecule has 0 aliphatic carbocycles. The molecule has 6 nitrogen and oxygen atoms in total. The van der Waals surface area contributed by atoms with Crippen molar-refractivity contribution in [2.45, 2.75) is 52.0 Å². The number of rotatable bonds is 13. The highest BCUT2D eigenvalue weighted by Crippen LogP contribution is 2.13. The van der Waals surface area contributed by atoms with Gasteiger partial charge in [0.2, 0.25) is 0 Å². The number of nitrogens with zero attached hydrogens (tertiary/aromatic N) is 1. The van der Waals surface area contributed by atoms with Gasteiger partial charge in [0.05, 0.1) is 32.5 Å². The molecule has 1 atom stereocenters. The Hall–Kier alpha value is -2.41. The standard InChI is InChI=1S/C26H37N3O3/c1-2-27-26(28-15-9-16-30-21-25-14-8-17-32-25)29-18-23-12-6-7-13-24(23)20-31-19-22-10-4-3-5-11-22/h3-7,10-13,25H,2,8-9,14-21H2,1H3,(H2,27,28,29). The van der Waals surface area contributed by atoms with Crippen LogP contribution in [-0.4, -0.2) is 45.0 Å². The van der Waals surface area contributed by atoms with Crippen LogP contribution < -0.4 is 10.6 Å². The summed E-state index contributed by atoms with van der Waals surface area (Å²) in [7, 11) is 0. The molecule has 1 aliphatic rings. The van der Waals surface area contributed by atoms with Gasteiger partial charge >= 0.3 is 0 Å². The van der Waals surface area contributed by atoms with Crippen LogP contribution in [0.25, 0.3) is 0 Å². The first-order chi connectivity index (χ1) is 15.8. The van der Waals surface area contributed by atoms with Gasteiger partial charge in [0.1, 0.15) is 0 Å². The van der Waals surface area contributed by atoms with Crippen molar-refractivity contribution in [3.8, 4) is 0 Å². The number of aliphatic imine (C=N–C) groups is 1. The highest BCUT2D eigenvalue weighted by atomic mass is 16.5. The van der Waals surface area contributed by atoms with Crippen molar-refractivity contribution < 1.29 is 14.2 Å². The number of guanidine groups is 1. The van der Waals surface area contributed by atoms with E-state index >= 15 is 0 Å². The van der Waals surface area contributed by atoms with Gasteiger partial charge in [-0.15, -0.1) is 0 Å². The van der Waals surface area contributed by atoms with Gasteiger partial charge in [0, 0.05) is 26.3 Å². The molecule has 174 valence electrons. The third-order valence-corrected chi connectivity index (χ3v) is 5.32. The maximum absolute atomic E-state index is 5.94. The van der Waals surface area contributed by atoms with Crippen LogP contribution in [0.2, 0.25) is 0 Å². The van der Waals surface area contributed by atoms with Crippen LogP contribution in [0.15, 0.2) is 59.6 Å². The van der Waals surface area contributed by atoms with Crippen molar-refractivity contribution in [3.63, 3.8) is 0 Å². The van der Waals surface area contributed by atoms with Gasteiger partial charge in [-0.3, -0.25) is 0 Å². The van der Waals surface area contributed by atoms with Gasteiger partial charge in [0.25, 0.3) is 0 Å². The summed E-state index contributed by atoms with van der Waals surface area (Å²) in [6, 6.07) is 18.6. The zero-order valence-corrected chi connectivity index (χ0v) is 19.2. The summed E-state index contributed by atoms with van der Waals surface area (Å²) in [5.74, 6) is 0.826. The normalized spacial score (nSPS) is 16.3. The second-order valence-corrected chi connectivity index (χ2v) is 7.93. The van der Waals surface area contributed by atoms with Crippen LogP contribution >= 0.6 is 0 Å². The molecule has 2 aromatic rings. The first-order valence-electron chi connectivity index (χ1n) is 11.7. The topological polar surface area (TPSA) is 64.1 Å². The van der Waals surface area contributed by atoms with E-state index in [4.69, 9.17) is 19.2 Å². The van der Waals surface area contributed by atoms with Crippen LogP contribution in [0.3, 0.4) is 0 Å². The lowest BCUT2D eigenvalue weighted by Crippen LogP contribution is -2.38. The van der Waals surface area contributed by atoms with Crippen LogP contribution in [0.1, 0.15) is 42.9 Å². The van der Waals surface area contributed by atoms with Gasteiger partial charge in [-0.2, -0.15) is 0 Å². The average Bonchev–Trinajstić information content (AvgIpc) is 3.35. The van der Waals surface area contributed by atoms with Gasteiger partial charge in [-0.1, -0.05) is 54.6 Å². The second kappa shape index (κ2) is 14.6. The lowest BCUT2D eigenvalue weighted by atomic mass is 10.1. The van der Waals surface area contributed by atoms with Crippen LogP contribution in [-0.2, 0) is 34.0 Å². The summed E-state index contributed by atoms with van der Waals surface area (Å²) >= 11 is 0. The minimum Gasteiger partial charge on any atom is -0.379 e. The summed E-state index contributed by atoms with van der Waals surface area (Å²) in [6.45, 7) is 7.82. The van der Waals surface area contributed by atoms with E-state index in [1.54, 1.807) is 0 Å². The number of benzene rings is 2. The Labute approximate surface area is 192 Å². The van der Waals surface area contributed by atoms with Crippen molar-refractivity contribution >= 4 is 5.96 Å². The van der Waals surface area contributed by atoms with Crippen molar-refractivity contribution in [1.82, 2.24) is 10.6 Å². The molecule has 0 amide bonds. The minimum atomic E-state index is 0.290. The summed E-state index contributed by atoms with van der Waals surface area (Å²) < 4.78 is 17.3. The van der Waals surface area contributed by atoms with E-state index < -0.39 is 0 Å². The van der Waals surface area contributed by atoms with Crippen LogP contribution in [0, 0.1) is 0 Å². The zero-order valence-electron chi connectivity index (χ0n) is 19.2. The molecule has 0 bridgehead atoms. The summed E-state index contributed by atoms with van der Waals surface area (Å²) in [6.07, 6.45) is 3.49. The molecule has 1 aliphatic heterocycles. The highest BCUT2D eigenvalue weighted by molar-refractivity contribution is 5.79. The fourth-order valence-corrected chi connectivity index (χ4v) is 3.58. The monoisotopic (exact) mass is 439 g/mol. The predicted octanol–water partition coefficient (Wildman–Crippen LogP) is 4.04. The van der Waals surface area contributed by atoms with Crippen molar-refractivity contribution in [3.05, 3.63) is 71.3 Å². The zero-order chi connectivity index (χ0) is 22.3. The molecule has 2 N–H and O–H groups in total. The molecule has 1 saturated heterocycles. The first-order valence-corrected chi connectivity index (χ1v) is 11.7. The van der Waals surface area contributed by atoms with E-state index in [0.717, 1.165) is 51.5 Å². The lowest BCUT2D eigenvalue weighted by molar-refractivity contribution is 0.0168. The highest BCUT2D eigenvalue weighted by Gasteiger charge is 2.14. The summed E-state index contributed by atoms with van der Waals surface area (Å²) in [5.41, 5.74) is 3.53. The maximum atomic E-state index is 5.94. The third-order valence-electron chi connectivity index (χ3n) is 5.32. The second-order valence-electron chi connectivity index (χ2n) is 7.93. The maximum Gasteiger partial charge on any atom is 0.191 e. The Bertz CT molecular complexity index is 792. The average molecular weight is 440 g/mol. The molecule has 1 unspecified atom stereocenters. The Morgan fingerprint density at radius 2 is 1.81 bits per heavy atom. The van der Waals surface area contributed by atoms with Crippen molar-refractivity contribution in [1.29, 1.82) is 0 Å². The van der Waals surface area contributed by atoms with E-state index in [2.05, 4.69) is 54.0 Å². The van der Waals surface area contributed by atoms with Crippen LogP contribution in [0.5, 0.6) is 0 Å². The molecule has 6 heteroatoms. The Morgan fingerprint density at radius 1 is 1.00 bits per heavy atom. The molecular weight excluding hydrogens is 402 g/mol. The van der Waals surface area contributed by atoms with Crippen LogP contribution in [0.4, 0.5) is 0 Å². The lowest BCUT2D eigenvalue weighted by Gasteiger charge is -2.13. The first kappa shape index (κ1) is 24.2. The third kappa shape index (κ3) is 8.99. The van der Waals surface area contributed by atoms with E-state index in [1.807, 2.05) is 18.2 Å². The number of hydrogen-bond donors (Lipinski definition) is 2. The summed E-state index contributed by atoms with van der Waals surface area (Å²) in [4.78, 5) is 4.77. The van der Waals surface area contributed by atoms with Gasteiger partial charge in [-0.25, -0.2) is 4.99 Å². The Kier molecular flexibility index (Phi) is 11.1. The molecule has 3 rings (SSSR count). The smallest absolute Gasteiger partial charge is 0.191 e. The molecule has 0 radical (unpaired) electrons. The molecule has 1 fully saturated rings. The van der Waals surface area contributed by atoms with E-state index in [9.17, 15) is 0 Å². The fraction of sp³-hybridized carbons (Fsp3) is 0.500. The minimum absolute atomic E-state index is 0.290. The fourth-order valence-electron chi connectivity index (χ4n) is 3.58. The van der Waals surface area contributed by atoms with Gasteiger partial charge in [0.15, 0.2) is 5.96 Å². The van der Waals surface area contributed by atoms with E-state index in [0.29, 0.717) is 32.5 Å². The Morgan fingerprint density at radius 3 is 2.59 bits per heavy atom. The number of nitrogens with one attached hydrogen (secondary N) is 2. The quantitative estimate of drug-likeness (QED) is 0.280. The van der Waals surface area contributed by atoms with E-state index in [-0.39, 0.29) is 0 Å². The van der Waals surface area contributed by atoms with Crippen molar-refractivity contribution in [2.75, 3.05) is 32.9 Å². The molecule has 0 spiro atoms. The van der Waals surface area contributed by atoms with Gasteiger partial charge in [-0.05, 0) is 42.9 Å². The van der Waals surface area contributed by atoms with Gasteiger partial charge < -0.3 is 24.8 Å². The SMILES string of the molecule is CCNC(=NCc1ccccc1COCc1ccccc1)NCCCOCC1CCCO1. The predicted molar refractivity (Wildman–Crippen MR) is 129 cm³/mol. The molecule has 2 aromatic carbocycles. The molecule has 1 heterocycles. The largest absolute Gasteiger partial charge is 0.379 e. The molecule has 32 heavy (non-hydrogen) atoms. The Balaban J connectivity index is 1.41. The number of hydrogen-bond acceptors (Lipinski definition) is 4. The molecule has 0 saturated carbocycles. The molecular formula is C26H37N3O3. The van der Waals surface area contributed by atoms with Crippen molar-refractivity contribution in [2.24, 2.45) is 4.99 Å². The van der Waals surface area contributed by atoms with E-state index in [1.165, 1.54) is 16.7 Å². The summed E-state index contributed by atoms with van der Waals surface area (Å²) in [5, 5.41) is 6.72.